The van der Waals surface area contributed by atoms with Crippen LogP contribution >= 0.6 is 23.4 Å². The molecule has 0 saturated carbocycles. The summed E-state index contributed by atoms with van der Waals surface area (Å²) in [6.45, 7) is 5.56. The Morgan fingerprint density at radius 1 is 1.00 bits per heavy atom. The first kappa shape index (κ1) is 23.7. The van der Waals surface area contributed by atoms with Gasteiger partial charge in [-0.05, 0) is 74.4 Å². The van der Waals surface area contributed by atoms with E-state index in [9.17, 15) is 9.59 Å². The first-order valence-corrected chi connectivity index (χ1v) is 12.0. The van der Waals surface area contributed by atoms with Crippen molar-refractivity contribution in [1.82, 2.24) is 14.8 Å². The Morgan fingerprint density at radius 2 is 1.74 bits per heavy atom. The van der Waals surface area contributed by atoms with E-state index in [0.29, 0.717) is 27.3 Å². The van der Waals surface area contributed by atoms with Gasteiger partial charge < -0.3 is 5.32 Å². The van der Waals surface area contributed by atoms with Crippen LogP contribution in [0.25, 0.3) is 17.1 Å². The first-order chi connectivity index (χ1) is 16.3. The van der Waals surface area contributed by atoms with Gasteiger partial charge in [-0.15, -0.1) is 10.2 Å². The number of anilines is 1. The summed E-state index contributed by atoms with van der Waals surface area (Å²) in [4.78, 5) is 24.1. The van der Waals surface area contributed by atoms with Gasteiger partial charge in [-0.1, -0.05) is 47.6 Å². The number of nitrogens with zero attached hydrogens (tertiary/aromatic N) is 3. The third-order valence-corrected chi connectivity index (χ3v) is 6.52. The number of aromatic nitrogens is 3. The van der Waals surface area contributed by atoms with E-state index in [1.54, 1.807) is 24.3 Å². The second kappa shape index (κ2) is 10.2. The molecule has 1 amide bonds. The van der Waals surface area contributed by atoms with Crippen LogP contribution in [0, 0.1) is 13.8 Å². The van der Waals surface area contributed by atoms with E-state index in [0.717, 1.165) is 22.4 Å². The van der Waals surface area contributed by atoms with Crippen molar-refractivity contribution in [3.05, 3.63) is 88.4 Å². The lowest BCUT2D eigenvalue weighted by molar-refractivity contribution is -0.113. The highest BCUT2D eigenvalue weighted by Gasteiger charge is 2.20. The smallest absolute Gasteiger partial charge is 0.234 e. The number of Topliss-reactive ketones (excluding diaryl/α,β-unsaturated/α-hetero) is 1. The maximum atomic E-state index is 12.6. The highest BCUT2D eigenvalue weighted by molar-refractivity contribution is 7.99. The molecule has 0 aliphatic heterocycles. The minimum atomic E-state index is -0.185. The molecule has 34 heavy (non-hydrogen) atoms. The molecule has 1 heterocycles. The fourth-order valence-corrected chi connectivity index (χ4v) is 4.44. The summed E-state index contributed by atoms with van der Waals surface area (Å²) in [5.41, 5.74) is 5.07. The van der Waals surface area contributed by atoms with Crippen molar-refractivity contribution in [2.45, 2.75) is 25.9 Å². The second-order valence-electron chi connectivity index (χ2n) is 7.88. The van der Waals surface area contributed by atoms with E-state index in [1.807, 2.05) is 48.7 Å². The van der Waals surface area contributed by atoms with Crippen LogP contribution in [0.3, 0.4) is 0 Å². The van der Waals surface area contributed by atoms with Crippen LogP contribution in [-0.4, -0.2) is 32.2 Å². The minimum absolute atomic E-state index is 0.0199. The van der Waals surface area contributed by atoms with Crippen molar-refractivity contribution < 1.29 is 9.59 Å². The summed E-state index contributed by atoms with van der Waals surface area (Å²) < 4.78 is 1.95. The molecule has 6 nitrogen and oxygen atoms in total. The van der Waals surface area contributed by atoms with E-state index in [-0.39, 0.29) is 17.4 Å². The van der Waals surface area contributed by atoms with Crippen molar-refractivity contribution in [2.24, 2.45) is 0 Å². The lowest BCUT2D eigenvalue weighted by Crippen LogP contribution is -2.14. The molecule has 172 valence electrons. The highest BCUT2D eigenvalue weighted by atomic mass is 35.5. The predicted molar refractivity (Wildman–Crippen MR) is 137 cm³/mol. The van der Waals surface area contributed by atoms with Gasteiger partial charge in [0.1, 0.15) is 0 Å². The summed E-state index contributed by atoms with van der Waals surface area (Å²) in [6.07, 6.45) is 0. The predicted octanol–water partition coefficient (Wildman–Crippen LogP) is 6.14. The summed E-state index contributed by atoms with van der Waals surface area (Å²) in [6, 6.07) is 20.5. The number of hydrogen-bond donors (Lipinski definition) is 1. The maximum absolute atomic E-state index is 12.6. The fourth-order valence-electron chi connectivity index (χ4n) is 3.47. The van der Waals surface area contributed by atoms with Crippen LogP contribution in [0.1, 0.15) is 28.4 Å². The van der Waals surface area contributed by atoms with E-state index >= 15 is 0 Å². The molecule has 8 heteroatoms. The number of halogens is 1. The Balaban J connectivity index is 1.62. The number of rotatable bonds is 7. The highest BCUT2D eigenvalue weighted by Crippen LogP contribution is 2.33. The average Bonchev–Trinajstić information content (AvgIpc) is 3.23. The Bertz CT molecular complexity index is 1370. The topological polar surface area (TPSA) is 76.9 Å². The van der Waals surface area contributed by atoms with Crippen molar-refractivity contribution in [3.63, 3.8) is 0 Å². The normalized spacial score (nSPS) is 10.8. The number of ketones is 1. The quantitative estimate of drug-likeness (QED) is 0.249. The third kappa shape index (κ3) is 5.21. The van der Waals surface area contributed by atoms with Gasteiger partial charge in [0.2, 0.25) is 5.91 Å². The zero-order chi connectivity index (χ0) is 24.2. The summed E-state index contributed by atoms with van der Waals surface area (Å²) in [7, 11) is 0. The largest absolute Gasteiger partial charge is 0.325 e. The van der Waals surface area contributed by atoms with E-state index < -0.39 is 0 Å². The molecule has 0 saturated heterocycles. The van der Waals surface area contributed by atoms with Crippen LogP contribution in [0.4, 0.5) is 5.69 Å². The second-order valence-corrected chi connectivity index (χ2v) is 9.23. The number of thioether (sulfide) groups is 1. The Morgan fingerprint density at radius 3 is 2.44 bits per heavy atom. The van der Waals surface area contributed by atoms with Gasteiger partial charge >= 0.3 is 0 Å². The summed E-state index contributed by atoms with van der Waals surface area (Å²) in [5, 5.41) is 12.8. The molecule has 1 aromatic heterocycles. The van der Waals surface area contributed by atoms with Gasteiger partial charge in [0, 0.05) is 16.8 Å². The number of amides is 1. The van der Waals surface area contributed by atoms with Crippen LogP contribution < -0.4 is 5.32 Å². The first-order valence-electron chi connectivity index (χ1n) is 10.6. The van der Waals surface area contributed by atoms with Gasteiger partial charge in [-0.3, -0.25) is 14.2 Å². The van der Waals surface area contributed by atoms with Crippen LogP contribution in [0.15, 0.2) is 71.9 Å². The van der Waals surface area contributed by atoms with Gasteiger partial charge in [0.15, 0.2) is 16.8 Å². The lowest BCUT2D eigenvalue weighted by Gasteiger charge is -2.14. The number of carbonyl (C=O) groups excluding carboxylic acids is 2. The Labute approximate surface area is 207 Å². The molecule has 3 aromatic carbocycles. The van der Waals surface area contributed by atoms with Gasteiger partial charge in [0.05, 0.1) is 16.5 Å². The molecule has 1 N–H and O–H groups in total. The zero-order valence-electron chi connectivity index (χ0n) is 19.0. The van der Waals surface area contributed by atoms with E-state index in [4.69, 9.17) is 11.6 Å². The molecule has 0 fully saturated rings. The zero-order valence-corrected chi connectivity index (χ0v) is 20.6. The lowest BCUT2D eigenvalue weighted by atomic mass is 10.1. The number of carbonyl (C=O) groups is 2. The molecule has 4 aromatic rings. The summed E-state index contributed by atoms with van der Waals surface area (Å²) in [5.74, 6) is 0.547. The van der Waals surface area contributed by atoms with E-state index in [1.165, 1.54) is 18.7 Å². The molecule has 0 atom stereocenters. The van der Waals surface area contributed by atoms with Crippen LogP contribution in [0.2, 0.25) is 5.02 Å². The SMILES string of the molecule is CC(=O)c1ccc(NC(=O)CSc2nnc(-c3ccccc3Cl)n2-c2cc(C)ccc2C)cc1. The van der Waals surface area contributed by atoms with Crippen molar-refractivity contribution >= 4 is 40.7 Å². The van der Waals surface area contributed by atoms with Gasteiger partial charge in [0.25, 0.3) is 0 Å². The molecule has 0 spiro atoms. The molecular weight excluding hydrogens is 468 g/mol. The van der Waals surface area contributed by atoms with Crippen molar-refractivity contribution in [3.8, 4) is 17.1 Å². The molecule has 0 radical (unpaired) electrons. The molecule has 0 aliphatic rings. The van der Waals surface area contributed by atoms with Crippen molar-refractivity contribution in [2.75, 3.05) is 11.1 Å². The average molecular weight is 491 g/mol. The number of hydrogen-bond acceptors (Lipinski definition) is 5. The molecule has 0 bridgehead atoms. The Hall–Kier alpha value is -3.42. The molecule has 4 rings (SSSR count). The maximum Gasteiger partial charge on any atom is 0.234 e. The number of nitrogens with one attached hydrogen (secondary N) is 1. The Kier molecular flexibility index (Phi) is 7.14. The van der Waals surface area contributed by atoms with E-state index in [2.05, 4.69) is 27.6 Å². The standard InChI is InChI=1S/C26H23ClN4O2S/c1-16-8-9-17(2)23(14-16)31-25(21-6-4-5-7-22(21)27)29-30-26(31)34-15-24(33)28-20-12-10-19(11-13-20)18(3)32/h4-14H,15H2,1-3H3,(H,28,33). The van der Waals surface area contributed by atoms with Crippen molar-refractivity contribution in [1.29, 1.82) is 0 Å². The van der Waals surface area contributed by atoms with Crippen LogP contribution in [0.5, 0.6) is 0 Å². The summed E-state index contributed by atoms with van der Waals surface area (Å²) >= 11 is 7.77. The molecular formula is C26H23ClN4O2S. The minimum Gasteiger partial charge on any atom is -0.325 e. The monoisotopic (exact) mass is 490 g/mol. The molecule has 0 aliphatic carbocycles. The van der Waals surface area contributed by atoms with Gasteiger partial charge in [-0.2, -0.15) is 0 Å². The van der Waals surface area contributed by atoms with Crippen LogP contribution in [-0.2, 0) is 4.79 Å². The molecule has 0 unspecified atom stereocenters. The third-order valence-electron chi connectivity index (χ3n) is 5.26. The number of benzene rings is 3. The number of aryl methyl sites for hydroxylation is 2. The fraction of sp³-hybridized carbons (Fsp3) is 0.154. The van der Waals surface area contributed by atoms with Gasteiger partial charge in [-0.25, -0.2) is 0 Å².